The van der Waals surface area contributed by atoms with Crippen molar-refractivity contribution in [2.24, 2.45) is 5.73 Å². The number of hydrogen-bond donors (Lipinski definition) is 4. The maximum Gasteiger partial charge on any atom is 0.245 e. The summed E-state index contributed by atoms with van der Waals surface area (Å²) in [6.07, 6.45) is 0.280. The number of β-lactam (4-membered cyclic amide) rings is 1. The highest BCUT2D eigenvalue weighted by Crippen LogP contribution is 2.06. The van der Waals surface area contributed by atoms with Crippen molar-refractivity contribution in [2.45, 2.75) is 25.1 Å². The number of aliphatic hydroxyl groups excluding tert-OH is 1. The average Bonchev–Trinajstić information content (AvgIpc) is 2.66. The Kier molecular flexibility index (Phi) is 7.13. The van der Waals surface area contributed by atoms with E-state index in [9.17, 15) is 9.59 Å². The Hall–Kier alpha value is -2.70. The van der Waals surface area contributed by atoms with Crippen LogP contribution in [0.25, 0.3) is 0 Å². The number of aliphatic hydroxyl groups is 1. The van der Waals surface area contributed by atoms with Crippen molar-refractivity contribution in [1.82, 2.24) is 10.6 Å². The third-order valence-electron chi connectivity index (χ3n) is 3.82. The maximum atomic E-state index is 11.7. The van der Waals surface area contributed by atoms with Crippen LogP contribution in [0.5, 0.6) is 0 Å². The van der Waals surface area contributed by atoms with Gasteiger partial charge >= 0.3 is 0 Å². The molecule has 1 fully saturated rings. The molecule has 1 heterocycles. The standard InChI is InChI=1S/C12H15N3O2.C7H8O/c13-7-9-11(12(17)14-9)15-10(16)6-8-4-2-1-3-5-8;8-6-7-4-2-1-3-5-7/h1-5,9,11H,6-7,13H2,(H,14,17)(H,15,16);1-5,8H,6H2. The number of nitrogens with two attached hydrogens (primary N) is 1. The maximum absolute atomic E-state index is 11.7. The molecule has 0 saturated carbocycles. The predicted molar refractivity (Wildman–Crippen MR) is 95.4 cm³/mol. The number of nitrogens with one attached hydrogen (secondary N) is 2. The molecule has 5 N–H and O–H groups in total. The Labute approximate surface area is 147 Å². The van der Waals surface area contributed by atoms with E-state index in [1.165, 1.54) is 0 Å². The van der Waals surface area contributed by atoms with Crippen LogP contribution in [-0.2, 0) is 22.6 Å². The highest BCUT2D eigenvalue weighted by atomic mass is 16.3. The topological polar surface area (TPSA) is 104 Å². The minimum atomic E-state index is -0.476. The van der Waals surface area contributed by atoms with E-state index in [0.29, 0.717) is 6.54 Å². The second kappa shape index (κ2) is 9.56. The second-order valence-corrected chi connectivity index (χ2v) is 5.70. The summed E-state index contributed by atoms with van der Waals surface area (Å²) < 4.78 is 0. The van der Waals surface area contributed by atoms with E-state index in [1.807, 2.05) is 60.7 Å². The average molecular weight is 341 g/mol. The molecule has 3 rings (SSSR count). The van der Waals surface area contributed by atoms with Gasteiger partial charge in [0.15, 0.2) is 0 Å². The van der Waals surface area contributed by atoms with Crippen molar-refractivity contribution >= 4 is 11.8 Å². The molecular formula is C19H23N3O3. The van der Waals surface area contributed by atoms with E-state index in [2.05, 4.69) is 10.6 Å². The van der Waals surface area contributed by atoms with Crippen LogP contribution in [0.3, 0.4) is 0 Å². The number of carbonyl (C=O) groups excluding carboxylic acids is 2. The van der Waals surface area contributed by atoms with E-state index in [-0.39, 0.29) is 30.9 Å². The summed E-state index contributed by atoms with van der Waals surface area (Å²) in [4.78, 5) is 22.9. The monoisotopic (exact) mass is 341 g/mol. The molecule has 0 radical (unpaired) electrons. The van der Waals surface area contributed by atoms with Gasteiger partial charge in [-0.1, -0.05) is 60.7 Å². The Morgan fingerprint density at radius 1 is 1.04 bits per heavy atom. The number of carbonyl (C=O) groups is 2. The van der Waals surface area contributed by atoms with Crippen LogP contribution in [0.15, 0.2) is 60.7 Å². The van der Waals surface area contributed by atoms with Crippen molar-refractivity contribution in [3.63, 3.8) is 0 Å². The molecule has 0 bridgehead atoms. The molecule has 2 aromatic rings. The number of benzene rings is 2. The fourth-order valence-electron chi connectivity index (χ4n) is 2.39. The van der Waals surface area contributed by atoms with E-state index < -0.39 is 6.04 Å². The highest BCUT2D eigenvalue weighted by molar-refractivity contribution is 5.93. The van der Waals surface area contributed by atoms with Gasteiger partial charge in [-0.3, -0.25) is 9.59 Å². The third-order valence-corrected chi connectivity index (χ3v) is 3.82. The minimum Gasteiger partial charge on any atom is -0.392 e. The summed E-state index contributed by atoms with van der Waals surface area (Å²) in [5.41, 5.74) is 7.34. The predicted octanol–water partition coefficient (Wildman–Crippen LogP) is 0.350. The van der Waals surface area contributed by atoms with Crippen molar-refractivity contribution in [1.29, 1.82) is 0 Å². The first kappa shape index (κ1) is 18.6. The van der Waals surface area contributed by atoms with E-state index in [1.54, 1.807) is 0 Å². The summed E-state index contributed by atoms with van der Waals surface area (Å²) in [6, 6.07) is 18.3. The van der Waals surface area contributed by atoms with Crippen molar-refractivity contribution in [3.8, 4) is 0 Å². The quantitative estimate of drug-likeness (QED) is 0.589. The Morgan fingerprint density at radius 3 is 2.04 bits per heavy atom. The fraction of sp³-hybridized carbons (Fsp3) is 0.263. The molecule has 0 aliphatic carbocycles. The Bertz CT molecular complexity index is 677. The molecule has 0 spiro atoms. The molecule has 1 aliphatic rings. The molecule has 2 atom stereocenters. The molecule has 6 nitrogen and oxygen atoms in total. The molecule has 2 unspecified atom stereocenters. The largest absolute Gasteiger partial charge is 0.392 e. The van der Waals surface area contributed by atoms with Crippen molar-refractivity contribution in [3.05, 3.63) is 71.8 Å². The summed E-state index contributed by atoms with van der Waals surface area (Å²) in [5.74, 6) is -0.323. The van der Waals surface area contributed by atoms with Gasteiger partial charge in [-0.2, -0.15) is 0 Å². The van der Waals surface area contributed by atoms with Crippen molar-refractivity contribution < 1.29 is 14.7 Å². The molecule has 6 heteroatoms. The Morgan fingerprint density at radius 2 is 1.60 bits per heavy atom. The Balaban J connectivity index is 0.000000236. The van der Waals surface area contributed by atoms with Crippen LogP contribution in [-0.4, -0.2) is 35.5 Å². The van der Waals surface area contributed by atoms with Gasteiger partial charge in [-0.15, -0.1) is 0 Å². The van der Waals surface area contributed by atoms with Gasteiger partial charge in [0.25, 0.3) is 0 Å². The number of amides is 2. The van der Waals surface area contributed by atoms with Gasteiger partial charge in [0, 0.05) is 6.54 Å². The van der Waals surface area contributed by atoms with Gasteiger partial charge in [0.2, 0.25) is 11.8 Å². The van der Waals surface area contributed by atoms with E-state index in [0.717, 1.165) is 11.1 Å². The van der Waals surface area contributed by atoms with Crippen molar-refractivity contribution in [2.75, 3.05) is 6.54 Å². The zero-order valence-electron chi connectivity index (χ0n) is 13.9. The van der Waals surface area contributed by atoms with Crippen LogP contribution in [0.4, 0.5) is 0 Å². The molecule has 1 saturated heterocycles. The van der Waals surface area contributed by atoms with Gasteiger partial charge in [-0.25, -0.2) is 0 Å². The van der Waals surface area contributed by atoms with Crippen LogP contribution in [0.2, 0.25) is 0 Å². The summed E-state index contributed by atoms with van der Waals surface area (Å²) in [5, 5.41) is 13.9. The lowest BCUT2D eigenvalue weighted by molar-refractivity contribution is -0.135. The number of rotatable bonds is 5. The highest BCUT2D eigenvalue weighted by Gasteiger charge is 2.39. The van der Waals surface area contributed by atoms with Gasteiger partial charge < -0.3 is 21.5 Å². The minimum absolute atomic E-state index is 0.137. The zero-order valence-corrected chi connectivity index (χ0v) is 13.9. The molecule has 132 valence electrons. The molecule has 25 heavy (non-hydrogen) atoms. The van der Waals surface area contributed by atoms with Crippen LogP contribution in [0, 0.1) is 0 Å². The molecular weight excluding hydrogens is 318 g/mol. The van der Waals surface area contributed by atoms with Crippen LogP contribution < -0.4 is 16.4 Å². The lowest BCUT2D eigenvalue weighted by Gasteiger charge is -2.36. The van der Waals surface area contributed by atoms with Gasteiger partial charge in [-0.05, 0) is 11.1 Å². The molecule has 1 aliphatic heterocycles. The van der Waals surface area contributed by atoms with E-state index >= 15 is 0 Å². The zero-order chi connectivity index (χ0) is 18.1. The summed E-state index contributed by atoms with van der Waals surface area (Å²) in [6.45, 7) is 0.475. The van der Waals surface area contributed by atoms with Gasteiger partial charge in [0.1, 0.15) is 6.04 Å². The normalized spacial score (nSPS) is 18.2. The molecule has 2 aromatic carbocycles. The SMILES string of the molecule is NCC1NC(=O)C1NC(=O)Cc1ccccc1.OCc1ccccc1. The van der Waals surface area contributed by atoms with Crippen LogP contribution >= 0.6 is 0 Å². The molecule has 0 aromatic heterocycles. The first-order valence-corrected chi connectivity index (χ1v) is 8.12. The first-order valence-electron chi connectivity index (χ1n) is 8.12. The molecule has 2 amide bonds. The smallest absolute Gasteiger partial charge is 0.245 e. The second-order valence-electron chi connectivity index (χ2n) is 5.70. The third kappa shape index (κ3) is 5.70. The lowest BCUT2D eigenvalue weighted by Crippen LogP contribution is -2.71. The summed E-state index contributed by atoms with van der Waals surface area (Å²) >= 11 is 0. The first-order chi connectivity index (χ1) is 12.1. The lowest BCUT2D eigenvalue weighted by atomic mass is 9.99. The van der Waals surface area contributed by atoms with Gasteiger partial charge in [0.05, 0.1) is 19.1 Å². The van der Waals surface area contributed by atoms with Crippen LogP contribution in [0.1, 0.15) is 11.1 Å². The fourth-order valence-corrected chi connectivity index (χ4v) is 2.39. The van der Waals surface area contributed by atoms with E-state index in [4.69, 9.17) is 10.8 Å². The number of hydrogen-bond acceptors (Lipinski definition) is 4. The summed E-state index contributed by atoms with van der Waals surface area (Å²) in [7, 11) is 0.